The first kappa shape index (κ1) is 18.0. The lowest BCUT2D eigenvalue weighted by Crippen LogP contribution is -2.50. The van der Waals surface area contributed by atoms with Gasteiger partial charge in [0.05, 0.1) is 13.1 Å². The van der Waals surface area contributed by atoms with Crippen LogP contribution in [0.25, 0.3) is 0 Å². The molecule has 1 heterocycles. The lowest BCUT2D eigenvalue weighted by atomic mass is 10.1. The minimum absolute atomic E-state index is 0.0522. The molecule has 0 spiro atoms. The first-order valence-corrected chi connectivity index (χ1v) is 8.33. The molecule has 0 aromatic heterocycles. The average Bonchev–Trinajstić information content (AvgIpc) is 2.60. The van der Waals surface area contributed by atoms with E-state index >= 15 is 0 Å². The number of para-hydroxylation sites is 1. The van der Waals surface area contributed by atoms with E-state index in [1.165, 1.54) is 24.1 Å². The standard InChI is InChI=1S/C18H17ClFN3O3/c1-21-18(25)15-9-23(17-13(20)6-3-7-14(17)26-15)10-16(24)22-12-5-2-4-11(19)8-12/h2-8,15H,9-10H2,1H3,(H,21,25)(H,22,24). The molecule has 1 aliphatic heterocycles. The van der Waals surface area contributed by atoms with Gasteiger partial charge >= 0.3 is 0 Å². The highest BCUT2D eigenvalue weighted by atomic mass is 35.5. The Balaban J connectivity index is 1.81. The van der Waals surface area contributed by atoms with Gasteiger partial charge in [-0.3, -0.25) is 9.59 Å². The molecular formula is C18H17ClFN3O3. The SMILES string of the molecule is CNC(=O)C1CN(CC(=O)Nc2cccc(Cl)c2)c2c(F)cccc2O1. The number of halogens is 2. The van der Waals surface area contributed by atoms with E-state index < -0.39 is 11.9 Å². The number of anilines is 2. The van der Waals surface area contributed by atoms with Gasteiger partial charge in [-0.25, -0.2) is 4.39 Å². The first-order valence-electron chi connectivity index (χ1n) is 7.95. The van der Waals surface area contributed by atoms with Gasteiger partial charge in [0.25, 0.3) is 5.91 Å². The topological polar surface area (TPSA) is 70.7 Å². The lowest BCUT2D eigenvalue weighted by Gasteiger charge is -2.35. The summed E-state index contributed by atoms with van der Waals surface area (Å²) in [7, 11) is 1.49. The van der Waals surface area contributed by atoms with Crippen molar-refractivity contribution in [2.75, 3.05) is 30.4 Å². The zero-order chi connectivity index (χ0) is 18.7. The molecule has 1 unspecified atom stereocenters. The monoisotopic (exact) mass is 377 g/mol. The number of carbonyl (C=O) groups excluding carboxylic acids is 2. The lowest BCUT2D eigenvalue weighted by molar-refractivity contribution is -0.127. The van der Waals surface area contributed by atoms with Crippen molar-refractivity contribution < 1.29 is 18.7 Å². The molecule has 136 valence electrons. The van der Waals surface area contributed by atoms with Crippen molar-refractivity contribution in [3.63, 3.8) is 0 Å². The van der Waals surface area contributed by atoms with Crippen LogP contribution in [0.5, 0.6) is 5.75 Å². The highest BCUT2D eigenvalue weighted by Crippen LogP contribution is 2.35. The van der Waals surface area contributed by atoms with Gasteiger partial charge in [-0.15, -0.1) is 0 Å². The van der Waals surface area contributed by atoms with Gasteiger partial charge in [0, 0.05) is 17.8 Å². The quantitative estimate of drug-likeness (QED) is 0.858. The van der Waals surface area contributed by atoms with Crippen molar-refractivity contribution in [3.05, 3.63) is 53.3 Å². The zero-order valence-electron chi connectivity index (χ0n) is 14.0. The normalized spacial score (nSPS) is 15.7. The summed E-state index contributed by atoms with van der Waals surface area (Å²) in [5, 5.41) is 5.70. The van der Waals surface area contributed by atoms with Crippen LogP contribution in [0.1, 0.15) is 0 Å². The van der Waals surface area contributed by atoms with Crippen LogP contribution in [0.15, 0.2) is 42.5 Å². The summed E-state index contributed by atoms with van der Waals surface area (Å²) in [6.45, 7) is -0.0894. The van der Waals surface area contributed by atoms with Gasteiger partial charge in [-0.1, -0.05) is 23.7 Å². The first-order chi connectivity index (χ1) is 12.5. The largest absolute Gasteiger partial charge is 0.476 e. The Labute approximate surface area is 154 Å². The molecule has 1 atom stereocenters. The number of nitrogens with one attached hydrogen (secondary N) is 2. The molecule has 0 saturated carbocycles. The van der Waals surface area contributed by atoms with Gasteiger partial charge in [-0.2, -0.15) is 0 Å². The second-order valence-electron chi connectivity index (χ2n) is 5.75. The van der Waals surface area contributed by atoms with Gasteiger partial charge in [0.15, 0.2) is 6.10 Å². The predicted octanol–water partition coefficient (Wildman–Crippen LogP) is 2.43. The van der Waals surface area contributed by atoms with E-state index in [0.29, 0.717) is 10.7 Å². The number of carbonyl (C=O) groups is 2. The second kappa shape index (κ2) is 7.61. The van der Waals surface area contributed by atoms with Crippen molar-refractivity contribution in [3.8, 4) is 5.75 Å². The highest BCUT2D eigenvalue weighted by molar-refractivity contribution is 6.30. The number of hydrogen-bond donors (Lipinski definition) is 2. The Kier molecular flexibility index (Phi) is 5.27. The van der Waals surface area contributed by atoms with E-state index in [2.05, 4.69) is 10.6 Å². The van der Waals surface area contributed by atoms with Crippen molar-refractivity contribution in [2.45, 2.75) is 6.10 Å². The van der Waals surface area contributed by atoms with Crippen LogP contribution in [-0.2, 0) is 9.59 Å². The molecule has 2 aromatic carbocycles. The van der Waals surface area contributed by atoms with Gasteiger partial charge in [0.2, 0.25) is 5.91 Å². The molecule has 0 bridgehead atoms. The van der Waals surface area contributed by atoms with Crippen LogP contribution >= 0.6 is 11.6 Å². The van der Waals surface area contributed by atoms with Gasteiger partial charge < -0.3 is 20.3 Å². The third kappa shape index (κ3) is 3.88. The molecule has 2 amide bonds. The summed E-state index contributed by atoms with van der Waals surface area (Å²) in [5.41, 5.74) is 0.696. The van der Waals surface area contributed by atoms with Crippen LogP contribution in [0.4, 0.5) is 15.8 Å². The smallest absolute Gasteiger partial charge is 0.262 e. The summed E-state index contributed by atoms with van der Waals surface area (Å²) in [5.74, 6) is -1.01. The van der Waals surface area contributed by atoms with E-state index in [0.717, 1.165) is 0 Å². The number of nitrogens with zero attached hydrogens (tertiary/aromatic N) is 1. The maximum atomic E-state index is 14.3. The predicted molar refractivity (Wildman–Crippen MR) is 97.2 cm³/mol. The molecule has 0 fully saturated rings. The Morgan fingerprint density at radius 2 is 2.08 bits per heavy atom. The van der Waals surface area contributed by atoms with E-state index in [4.69, 9.17) is 16.3 Å². The molecule has 3 rings (SSSR count). The molecule has 0 radical (unpaired) electrons. The van der Waals surface area contributed by atoms with Crippen molar-refractivity contribution >= 4 is 34.8 Å². The Morgan fingerprint density at radius 1 is 1.31 bits per heavy atom. The van der Waals surface area contributed by atoms with Crippen molar-refractivity contribution in [1.82, 2.24) is 5.32 Å². The Bertz CT molecular complexity index is 846. The number of rotatable bonds is 4. The average molecular weight is 378 g/mol. The number of likely N-dealkylation sites (N-methyl/N-ethyl adjacent to an activating group) is 1. The maximum Gasteiger partial charge on any atom is 0.262 e. The van der Waals surface area contributed by atoms with Gasteiger partial charge in [-0.05, 0) is 30.3 Å². The molecule has 6 nitrogen and oxygen atoms in total. The third-order valence-electron chi connectivity index (χ3n) is 3.90. The van der Waals surface area contributed by atoms with E-state index in [-0.39, 0.29) is 36.3 Å². The molecule has 2 aromatic rings. The van der Waals surface area contributed by atoms with Crippen molar-refractivity contribution in [1.29, 1.82) is 0 Å². The minimum atomic E-state index is -0.840. The van der Waals surface area contributed by atoms with Crippen LogP contribution < -0.4 is 20.3 Å². The molecule has 2 N–H and O–H groups in total. The van der Waals surface area contributed by atoms with Crippen LogP contribution in [0.3, 0.4) is 0 Å². The molecule has 0 saturated heterocycles. The summed E-state index contributed by atoms with van der Waals surface area (Å²) in [4.78, 5) is 25.8. The highest BCUT2D eigenvalue weighted by Gasteiger charge is 2.33. The second-order valence-corrected chi connectivity index (χ2v) is 6.18. The number of fused-ring (bicyclic) bond motifs is 1. The Hall–Kier alpha value is -2.80. The number of hydrogen-bond acceptors (Lipinski definition) is 4. The molecule has 8 heteroatoms. The minimum Gasteiger partial charge on any atom is -0.476 e. The Morgan fingerprint density at radius 3 is 2.81 bits per heavy atom. The summed E-state index contributed by atoms with van der Waals surface area (Å²) in [6, 6.07) is 11.1. The van der Waals surface area contributed by atoms with E-state index in [1.54, 1.807) is 30.3 Å². The molecule has 1 aliphatic rings. The molecule has 0 aliphatic carbocycles. The zero-order valence-corrected chi connectivity index (χ0v) is 14.7. The number of ether oxygens (including phenoxy) is 1. The van der Waals surface area contributed by atoms with E-state index in [9.17, 15) is 14.0 Å². The number of amides is 2. The van der Waals surface area contributed by atoms with Crippen LogP contribution in [-0.4, -0.2) is 38.1 Å². The van der Waals surface area contributed by atoms with Crippen molar-refractivity contribution in [2.24, 2.45) is 0 Å². The fourth-order valence-electron chi connectivity index (χ4n) is 2.76. The van der Waals surface area contributed by atoms with Gasteiger partial charge in [0.1, 0.15) is 17.3 Å². The molecular weight excluding hydrogens is 361 g/mol. The van der Waals surface area contributed by atoms with E-state index in [1.807, 2.05) is 0 Å². The summed E-state index contributed by atoms with van der Waals surface area (Å²) < 4.78 is 19.9. The van der Waals surface area contributed by atoms with Crippen LogP contribution in [0.2, 0.25) is 5.02 Å². The number of benzene rings is 2. The maximum absolute atomic E-state index is 14.3. The fourth-order valence-corrected chi connectivity index (χ4v) is 2.95. The third-order valence-corrected chi connectivity index (χ3v) is 4.14. The molecule has 26 heavy (non-hydrogen) atoms. The summed E-state index contributed by atoms with van der Waals surface area (Å²) >= 11 is 5.91. The fraction of sp³-hybridized carbons (Fsp3) is 0.222. The van der Waals surface area contributed by atoms with Crippen LogP contribution in [0, 0.1) is 5.82 Å². The summed E-state index contributed by atoms with van der Waals surface area (Å²) in [6.07, 6.45) is -0.840.